The molecule has 0 saturated heterocycles. The largest absolute Gasteiger partial charge is 0.482 e. The number of nitrogens with zero attached hydrogens (tertiary/aromatic N) is 5. The van der Waals surface area contributed by atoms with E-state index in [1.807, 2.05) is 122 Å². The third kappa shape index (κ3) is 6.01. The van der Waals surface area contributed by atoms with Crippen LogP contribution in [0.3, 0.4) is 0 Å². The van der Waals surface area contributed by atoms with Gasteiger partial charge in [-0.3, -0.25) is 19.2 Å². The van der Waals surface area contributed by atoms with Gasteiger partial charge in [0.05, 0.1) is 36.1 Å². The number of fused-ring (bicyclic) bond motifs is 2. The second kappa shape index (κ2) is 13.5. The van der Waals surface area contributed by atoms with Crippen molar-refractivity contribution in [3.8, 4) is 5.75 Å². The van der Waals surface area contributed by atoms with E-state index in [0.29, 0.717) is 47.0 Å². The molecule has 7 rings (SSSR count). The molecule has 10 heteroatoms. The van der Waals surface area contributed by atoms with Crippen molar-refractivity contribution in [3.63, 3.8) is 0 Å². The molecule has 3 heterocycles. The zero-order valence-corrected chi connectivity index (χ0v) is 27.1. The van der Waals surface area contributed by atoms with Crippen molar-refractivity contribution in [1.29, 1.82) is 0 Å². The van der Waals surface area contributed by atoms with Crippen molar-refractivity contribution in [2.75, 3.05) is 23.0 Å². The van der Waals surface area contributed by atoms with E-state index in [1.54, 1.807) is 20.5 Å². The fraction of sp³-hybridized carbons (Fsp3) is 0.231. The Labute approximate surface area is 284 Å². The van der Waals surface area contributed by atoms with Crippen LogP contribution in [0, 0.1) is 5.92 Å². The molecular weight excluding hydrogens is 618 g/mol. The number of ether oxygens (including phenoxy) is 1. The number of carbonyl (C=O) groups is 2. The maximum atomic E-state index is 14.1. The van der Waals surface area contributed by atoms with Gasteiger partial charge in [-0.15, -0.1) is 5.10 Å². The van der Waals surface area contributed by atoms with E-state index >= 15 is 0 Å². The number of aliphatic hydroxyl groups is 2. The number of hydrogen-bond acceptors (Lipinski definition) is 7. The lowest BCUT2D eigenvalue weighted by Gasteiger charge is -2.30. The smallest absolute Gasteiger partial charge is 0.269 e. The second-order valence-electron chi connectivity index (χ2n) is 12.4. The predicted molar refractivity (Wildman–Crippen MR) is 185 cm³/mol. The van der Waals surface area contributed by atoms with Gasteiger partial charge in [0.15, 0.2) is 12.2 Å². The van der Waals surface area contributed by atoms with E-state index in [4.69, 9.17) is 4.74 Å². The lowest BCUT2D eigenvalue weighted by molar-refractivity contribution is -0.139. The zero-order valence-electron chi connectivity index (χ0n) is 27.1. The summed E-state index contributed by atoms with van der Waals surface area (Å²) in [6.45, 7) is 2.48. The number of aromatic nitrogens is 3. The normalized spacial score (nSPS) is 18.3. The van der Waals surface area contributed by atoms with Gasteiger partial charge in [0.25, 0.3) is 11.8 Å². The number of aliphatic hydroxyl groups excluding tert-OH is 1. The molecule has 2 N–H and O–H groups in total. The van der Waals surface area contributed by atoms with Crippen molar-refractivity contribution >= 4 is 28.9 Å². The summed E-state index contributed by atoms with van der Waals surface area (Å²) in [5.74, 6) is -0.729. The van der Waals surface area contributed by atoms with Crippen molar-refractivity contribution < 1.29 is 24.5 Å². The fourth-order valence-electron chi connectivity index (χ4n) is 6.70. The Morgan fingerprint density at radius 2 is 1.69 bits per heavy atom. The van der Waals surface area contributed by atoms with Crippen molar-refractivity contribution in [2.24, 2.45) is 5.92 Å². The fourth-order valence-corrected chi connectivity index (χ4v) is 6.70. The molecule has 0 bridgehead atoms. The van der Waals surface area contributed by atoms with E-state index in [1.165, 1.54) is 0 Å². The minimum Gasteiger partial charge on any atom is -0.482 e. The van der Waals surface area contributed by atoms with E-state index in [-0.39, 0.29) is 31.6 Å². The summed E-state index contributed by atoms with van der Waals surface area (Å²) in [6, 6.07) is 32.0. The molecule has 1 unspecified atom stereocenters. The first-order valence-electron chi connectivity index (χ1n) is 16.4. The van der Waals surface area contributed by atoms with Crippen LogP contribution in [-0.4, -0.2) is 50.2 Å². The number of rotatable bonds is 11. The van der Waals surface area contributed by atoms with Gasteiger partial charge in [-0.25, -0.2) is 0 Å². The second-order valence-corrected chi connectivity index (χ2v) is 12.4. The molecule has 0 spiro atoms. The van der Waals surface area contributed by atoms with E-state index in [9.17, 15) is 19.8 Å². The number of carbonyl (C=O) groups excluding carboxylic acids is 2. The highest BCUT2D eigenvalue weighted by Gasteiger charge is 2.52. The molecule has 5 aromatic rings. The van der Waals surface area contributed by atoms with Crippen LogP contribution in [0.2, 0.25) is 0 Å². The molecular formula is C39H37N5O5. The van der Waals surface area contributed by atoms with Gasteiger partial charge < -0.3 is 19.8 Å². The molecule has 0 saturated carbocycles. The summed E-state index contributed by atoms with van der Waals surface area (Å²) in [6.07, 6.45) is 6.27. The molecule has 0 aliphatic carbocycles. The summed E-state index contributed by atoms with van der Waals surface area (Å²) in [5.41, 5.74) is 3.28. The number of aryl methyl sites for hydroxylation is 1. The van der Waals surface area contributed by atoms with Gasteiger partial charge in [0.2, 0.25) is 0 Å². The molecule has 2 amide bonds. The molecule has 49 heavy (non-hydrogen) atoms. The Hall–Kier alpha value is -5.58. The summed E-state index contributed by atoms with van der Waals surface area (Å²) in [7, 11) is 0. The van der Waals surface area contributed by atoms with Gasteiger partial charge >= 0.3 is 0 Å². The summed E-state index contributed by atoms with van der Waals surface area (Å²) >= 11 is 0. The van der Waals surface area contributed by atoms with E-state index < -0.39 is 17.4 Å². The van der Waals surface area contributed by atoms with Crippen LogP contribution in [0.4, 0.5) is 17.1 Å². The molecule has 2 aliphatic rings. The first kappa shape index (κ1) is 32.0. The molecule has 0 radical (unpaired) electrons. The Morgan fingerprint density at radius 3 is 2.51 bits per heavy atom. The number of benzene rings is 4. The van der Waals surface area contributed by atoms with Crippen LogP contribution in [0.15, 0.2) is 121 Å². The third-order valence-electron chi connectivity index (χ3n) is 9.30. The number of allylic oxidation sites excluding steroid dienone is 1. The quantitative estimate of drug-likeness (QED) is 0.181. The molecule has 2 aliphatic heterocycles. The summed E-state index contributed by atoms with van der Waals surface area (Å²) in [4.78, 5) is 30.3. The van der Waals surface area contributed by atoms with E-state index in [0.717, 1.165) is 11.1 Å². The minimum atomic E-state index is -1.76. The van der Waals surface area contributed by atoms with Gasteiger partial charge in [-0.05, 0) is 47.9 Å². The van der Waals surface area contributed by atoms with Crippen LogP contribution in [0.1, 0.15) is 41.6 Å². The highest BCUT2D eigenvalue weighted by Crippen LogP contribution is 2.46. The Morgan fingerprint density at radius 1 is 0.939 bits per heavy atom. The Bertz CT molecular complexity index is 2010. The molecule has 3 atom stereocenters. The van der Waals surface area contributed by atoms with Crippen LogP contribution in [0.5, 0.6) is 5.75 Å². The maximum absolute atomic E-state index is 14.1. The maximum Gasteiger partial charge on any atom is 0.269 e. The van der Waals surface area contributed by atoms with Crippen LogP contribution in [-0.2, 0) is 28.3 Å². The predicted octanol–water partition coefficient (Wildman–Crippen LogP) is 5.48. The summed E-state index contributed by atoms with van der Waals surface area (Å²) < 4.78 is 7.35. The first-order chi connectivity index (χ1) is 23.9. The zero-order chi connectivity index (χ0) is 34.0. The molecule has 0 fully saturated rings. The number of hydrogen-bond donors (Lipinski definition) is 2. The first-order valence-corrected chi connectivity index (χ1v) is 16.4. The minimum absolute atomic E-state index is 0.0595. The third-order valence-corrected chi connectivity index (χ3v) is 9.30. The SMILES string of the molecule is C[C@@H](/C=C/CCn1cc(C(CO)c2ccccc2)nn1)[C@]1(O)C(=O)N(Cc2cccc(N3C(=O)COc4ccccc43)c2)c2ccccc21. The number of para-hydroxylation sites is 3. The lowest BCUT2D eigenvalue weighted by atomic mass is 9.83. The van der Waals surface area contributed by atoms with Crippen molar-refractivity contribution in [2.45, 2.75) is 38.0 Å². The highest BCUT2D eigenvalue weighted by molar-refractivity contribution is 6.07. The standard InChI is InChI=1S/C39H37N5O5/c1-27(12-9-10-21-42-24-33(40-41-42)31(25-45)29-14-3-2-4-15-29)39(48)32-17-5-6-18-34(32)43(38(39)47)23-28-13-11-16-30(22-28)44-35-19-7-8-20-36(35)49-26-37(44)46/h2-9,11-20,22,24,27,31,45,48H,10,21,23,25-26H2,1H3/b12-9+/t27-,31?,39+/m0/s1. The van der Waals surface area contributed by atoms with Crippen molar-refractivity contribution in [1.82, 2.24) is 15.0 Å². The lowest BCUT2D eigenvalue weighted by Crippen LogP contribution is -2.44. The highest BCUT2D eigenvalue weighted by atomic mass is 16.5. The van der Waals surface area contributed by atoms with Gasteiger partial charge in [-0.1, -0.05) is 97.1 Å². The van der Waals surface area contributed by atoms with E-state index in [2.05, 4.69) is 10.3 Å². The topological polar surface area (TPSA) is 121 Å². The average molecular weight is 656 g/mol. The molecule has 4 aromatic carbocycles. The Balaban J connectivity index is 1.06. The molecule has 1 aromatic heterocycles. The van der Waals surface area contributed by atoms with Gasteiger partial charge in [0.1, 0.15) is 5.75 Å². The molecule has 248 valence electrons. The van der Waals surface area contributed by atoms with Crippen molar-refractivity contribution in [3.05, 3.63) is 144 Å². The van der Waals surface area contributed by atoms with Crippen LogP contribution >= 0.6 is 0 Å². The molecule has 10 nitrogen and oxygen atoms in total. The van der Waals surface area contributed by atoms with Crippen LogP contribution < -0.4 is 14.5 Å². The van der Waals surface area contributed by atoms with Gasteiger partial charge in [0, 0.05) is 29.9 Å². The number of amides is 2. The van der Waals surface area contributed by atoms with Crippen LogP contribution in [0.25, 0.3) is 0 Å². The monoisotopic (exact) mass is 655 g/mol. The summed E-state index contributed by atoms with van der Waals surface area (Å²) in [5, 5.41) is 30.6. The Kier molecular flexibility index (Phi) is 8.81. The average Bonchev–Trinajstić information content (AvgIpc) is 3.68. The number of anilines is 3. The van der Waals surface area contributed by atoms with Gasteiger partial charge in [-0.2, -0.15) is 0 Å².